The van der Waals surface area contributed by atoms with E-state index in [1.54, 1.807) is 24.3 Å². The standard InChI is InChI=1S/C19H19NO4/c1-12-7-13(2)9-15(8-12)24-11-14(21)10-20-18(22)16-5-3-4-6-17(16)19(20)23/h3-9,14,21H,10-11H2,1-2H3/t14-/m0/s1. The first-order valence-corrected chi connectivity index (χ1v) is 7.80. The van der Waals surface area contributed by atoms with Crippen LogP contribution in [0.25, 0.3) is 0 Å². The minimum Gasteiger partial charge on any atom is -0.491 e. The Morgan fingerprint density at radius 3 is 2.08 bits per heavy atom. The van der Waals surface area contributed by atoms with Crippen LogP contribution in [0.4, 0.5) is 0 Å². The minimum atomic E-state index is -0.951. The molecular weight excluding hydrogens is 306 g/mol. The molecule has 2 aromatic carbocycles. The van der Waals surface area contributed by atoms with Crippen molar-refractivity contribution in [2.75, 3.05) is 13.2 Å². The number of aliphatic hydroxyl groups excluding tert-OH is 1. The summed E-state index contributed by atoms with van der Waals surface area (Å²) in [7, 11) is 0. The first kappa shape index (κ1) is 16.2. The molecule has 0 fully saturated rings. The van der Waals surface area contributed by atoms with Crippen LogP contribution in [0, 0.1) is 13.8 Å². The number of ether oxygens (including phenoxy) is 1. The highest BCUT2D eigenvalue weighted by Gasteiger charge is 2.36. The van der Waals surface area contributed by atoms with Crippen LogP contribution in [0.3, 0.4) is 0 Å². The zero-order valence-corrected chi connectivity index (χ0v) is 13.7. The van der Waals surface area contributed by atoms with E-state index in [1.165, 1.54) is 0 Å². The molecule has 3 rings (SSSR count). The summed E-state index contributed by atoms with van der Waals surface area (Å²) >= 11 is 0. The van der Waals surface area contributed by atoms with Crippen LogP contribution in [-0.2, 0) is 0 Å². The average molecular weight is 325 g/mol. The number of carbonyl (C=O) groups is 2. The molecule has 0 unspecified atom stereocenters. The van der Waals surface area contributed by atoms with Crippen molar-refractivity contribution in [1.29, 1.82) is 0 Å². The molecule has 0 bridgehead atoms. The quantitative estimate of drug-likeness (QED) is 0.857. The zero-order valence-electron chi connectivity index (χ0n) is 13.7. The highest BCUT2D eigenvalue weighted by atomic mass is 16.5. The number of hydrogen-bond acceptors (Lipinski definition) is 4. The fraction of sp³-hybridized carbons (Fsp3) is 0.263. The molecule has 1 aliphatic heterocycles. The van der Waals surface area contributed by atoms with E-state index in [0.717, 1.165) is 16.0 Å². The van der Waals surface area contributed by atoms with Crippen molar-refractivity contribution in [3.05, 3.63) is 64.7 Å². The highest BCUT2D eigenvalue weighted by Crippen LogP contribution is 2.23. The second-order valence-electron chi connectivity index (χ2n) is 6.05. The Bertz CT molecular complexity index is 744. The number of nitrogens with zero attached hydrogens (tertiary/aromatic N) is 1. The van der Waals surface area contributed by atoms with Gasteiger partial charge in [-0.25, -0.2) is 0 Å². The van der Waals surface area contributed by atoms with E-state index in [1.807, 2.05) is 32.0 Å². The predicted molar refractivity (Wildman–Crippen MR) is 89.2 cm³/mol. The van der Waals surface area contributed by atoms with Gasteiger partial charge in [0.2, 0.25) is 0 Å². The molecule has 24 heavy (non-hydrogen) atoms. The van der Waals surface area contributed by atoms with Gasteiger partial charge < -0.3 is 9.84 Å². The average Bonchev–Trinajstić information content (AvgIpc) is 2.78. The summed E-state index contributed by atoms with van der Waals surface area (Å²) in [6.07, 6.45) is -0.951. The second-order valence-corrected chi connectivity index (χ2v) is 6.05. The molecule has 0 saturated carbocycles. The van der Waals surface area contributed by atoms with Gasteiger partial charge in [-0.1, -0.05) is 18.2 Å². The van der Waals surface area contributed by atoms with E-state index in [9.17, 15) is 14.7 Å². The van der Waals surface area contributed by atoms with Crippen LogP contribution in [0.5, 0.6) is 5.75 Å². The molecule has 1 heterocycles. The molecule has 0 radical (unpaired) electrons. The van der Waals surface area contributed by atoms with Crippen LogP contribution in [0.2, 0.25) is 0 Å². The third-order valence-corrected chi connectivity index (χ3v) is 3.91. The van der Waals surface area contributed by atoms with Gasteiger partial charge in [0.25, 0.3) is 11.8 Å². The fourth-order valence-electron chi connectivity index (χ4n) is 2.88. The number of rotatable bonds is 5. The first-order valence-electron chi connectivity index (χ1n) is 7.80. The number of fused-ring (bicyclic) bond motifs is 1. The maximum atomic E-state index is 12.3. The third-order valence-electron chi connectivity index (χ3n) is 3.91. The number of imide groups is 1. The number of benzene rings is 2. The van der Waals surface area contributed by atoms with Crippen LogP contribution in [0.15, 0.2) is 42.5 Å². The summed E-state index contributed by atoms with van der Waals surface area (Å²) in [5.41, 5.74) is 2.90. The lowest BCUT2D eigenvalue weighted by Crippen LogP contribution is -2.39. The maximum Gasteiger partial charge on any atom is 0.261 e. The second kappa shape index (κ2) is 6.45. The summed E-state index contributed by atoms with van der Waals surface area (Å²) < 4.78 is 5.59. The lowest BCUT2D eigenvalue weighted by atomic mass is 10.1. The highest BCUT2D eigenvalue weighted by molar-refractivity contribution is 6.21. The topological polar surface area (TPSA) is 66.8 Å². The van der Waals surface area contributed by atoms with Crippen LogP contribution in [0.1, 0.15) is 31.8 Å². The molecule has 124 valence electrons. The van der Waals surface area contributed by atoms with E-state index in [2.05, 4.69) is 0 Å². The van der Waals surface area contributed by atoms with E-state index in [0.29, 0.717) is 16.9 Å². The Kier molecular flexibility index (Phi) is 4.36. The summed E-state index contributed by atoms with van der Waals surface area (Å²) in [6, 6.07) is 12.5. The SMILES string of the molecule is Cc1cc(C)cc(OC[C@@H](O)CN2C(=O)c3ccccc3C2=O)c1. The van der Waals surface area contributed by atoms with Gasteiger partial charge in [-0.15, -0.1) is 0 Å². The first-order chi connectivity index (χ1) is 11.5. The van der Waals surface area contributed by atoms with Crippen molar-refractivity contribution in [3.63, 3.8) is 0 Å². The van der Waals surface area contributed by atoms with Gasteiger partial charge >= 0.3 is 0 Å². The zero-order chi connectivity index (χ0) is 17.3. The lowest BCUT2D eigenvalue weighted by Gasteiger charge is -2.19. The van der Waals surface area contributed by atoms with Gasteiger partial charge in [-0.05, 0) is 49.2 Å². The number of carbonyl (C=O) groups excluding carboxylic acids is 2. The van der Waals surface area contributed by atoms with Gasteiger partial charge in [0, 0.05) is 0 Å². The Morgan fingerprint density at radius 1 is 1.00 bits per heavy atom. The van der Waals surface area contributed by atoms with E-state index in [-0.39, 0.29) is 25.0 Å². The predicted octanol–water partition coefficient (Wildman–Crippen LogP) is 2.34. The van der Waals surface area contributed by atoms with Gasteiger partial charge in [-0.3, -0.25) is 14.5 Å². The molecule has 5 nitrogen and oxygen atoms in total. The van der Waals surface area contributed by atoms with E-state index in [4.69, 9.17) is 4.74 Å². The van der Waals surface area contributed by atoms with Gasteiger partial charge in [0.05, 0.1) is 17.7 Å². The van der Waals surface area contributed by atoms with Gasteiger partial charge in [0.15, 0.2) is 0 Å². The maximum absolute atomic E-state index is 12.3. The number of hydrogen-bond donors (Lipinski definition) is 1. The number of aryl methyl sites for hydroxylation is 2. The number of amides is 2. The Morgan fingerprint density at radius 2 is 1.54 bits per heavy atom. The van der Waals surface area contributed by atoms with E-state index < -0.39 is 6.10 Å². The van der Waals surface area contributed by atoms with E-state index >= 15 is 0 Å². The van der Waals surface area contributed by atoms with Crippen LogP contribution in [-0.4, -0.2) is 41.1 Å². The number of β-amino-alcohol motifs (C(OH)–C–C–N with tert-alkyl or cyclic N) is 1. The molecule has 0 aliphatic carbocycles. The Balaban J connectivity index is 1.62. The fourth-order valence-corrected chi connectivity index (χ4v) is 2.88. The normalized spacial score (nSPS) is 14.7. The smallest absolute Gasteiger partial charge is 0.261 e. The Hall–Kier alpha value is -2.66. The molecular formula is C19H19NO4. The van der Waals surface area contributed by atoms with Crippen molar-refractivity contribution in [3.8, 4) is 5.75 Å². The Labute approximate surface area is 140 Å². The molecule has 0 aromatic heterocycles. The van der Waals surface area contributed by atoms with Crippen LogP contribution < -0.4 is 4.74 Å². The monoisotopic (exact) mass is 325 g/mol. The van der Waals surface area contributed by atoms with Crippen LogP contribution >= 0.6 is 0 Å². The third kappa shape index (κ3) is 3.16. The van der Waals surface area contributed by atoms with Crippen molar-refractivity contribution in [2.24, 2.45) is 0 Å². The molecule has 5 heteroatoms. The minimum absolute atomic E-state index is 0.0102. The molecule has 1 N–H and O–H groups in total. The van der Waals surface area contributed by atoms with Crippen molar-refractivity contribution in [2.45, 2.75) is 20.0 Å². The van der Waals surface area contributed by atoms with Crippen molar-refractivity contribution >= 4 is 11.8 Å². The lowest BCUT2D eigenvalue weighted by molar-refractivity contribution is 0.0457. The summed E-state index contributed by atoms with van der Waals surface area (Å²) in [5, 5.41) is 10.2. The van der Waals surface area contributed by atoms with Crippen molar-refractivity contribution in [1.82, 2.24) is 4.90 Å². The molecule has 2 amide bonds. The van der Waals surface area contributed by atoms with Gasteiger partial charge in [0.1, 0.15) is 18.5 Å². The molecule has 2 aromatic rings. The van der Waals surface area contributed by atoms with Crippen molar-refractivity contribution < 1.29 is 19.4 Å². The summed E-state index contributed by atoms with van der Waals surface area (Å²) in [4.78, 5) is 25.6. The number of aliphatic hydroxyl groups is 1. The molecule has 0 saturated heterocycles. The largest absolute Gasteiger partial charge is 0.491 e. The summed E-state index contributed by atoms with van der Waals surface area (Å²) in [6.45, 7) is 3.86. The molecule has 0 spiro atoms. The summed E-state index contributed by atoms with van der Waals surface area (Å²) in [5.74, 6) is -0.0870. The molecule has 1 aliphatic rings. The molecule has 1 atom stereocenters. The van der Waals surface area contributed by atoms with Gasteiger partial charge in [-0.2, -0.15) is 0 Å².